The molecule has 2 aromatic rings. The minimum absolute atomic E-state index is 0.311. The lowest BCUT2D eigenvalue weighted by Gasteiger charge is -2.08. The summed E-state index contributed by atoms with van der Waals surface area (Å²) in [6, 6.07) is 0. The quantitative estimate of drug-likeness (QED) is 0.908. The molecular weight excluding hydrogens is 302 g/mol. The Morgan fingerprint density at radius 3 is 3.11 bits per heavy atom. The van der Waals surface area contributed by atoms with E-state index in [1.54, 1.807) is 0 Å². The Labute approximate surface area is 123 Å². The maximum absolute atomic E-state index is 5.55. The number of hydrogen-bond acceptors (Lipinski definition) is 9. The number of anilines is 1. The molecule has 3 rings (SSSR count). The maximum atomic E-state index is 5.55. The molecule has 3 heterocycles. The van der Waals surface area contributed by atoms with Crippen molar-refractivity contribution < 1.29 is 4.74 Å². The number of rotatable bonds is 5. The van der Waals surface area contributed by atoms with E-state index in [-0.39, 0.29) is 0 Å². The highest BCUT2D eigenvalue weighted by Crippen LogP contribution is 2.32. The van der Waals surface area contributed by atoms with Gasteiger partial charge in [0, 0.05) is 13.2 Å². The lowest BCUT2D eigenvalue weighted by Crippen LogP contribution is -2.18. The summed E-state index contributed by atoms with van der Waals surface area (Å²) >= 11 is 4.43. The summed E-state index contributed by atoms with van der Waals surface area (Å²) in [5.74, 6) is 0.800. The lowest BCUT2D eigenvalue weighted by molar-refractivity contribution is 0.120. The highest BCUT2D eigenvalue weighted by Gasteiger charge is 2.16. The Bertz CT molecular complexity index is 537. The van der Waals surface area contributed by atoms with Gasteiger partial charge in [-0.2, -0.15) is 4.37 Å². The van der Waals surface area contributed by atoms with E-state index in [1.807, 2.05) is 6.92 Å². The average molecular weight is 315 g/mol. The summed E-state index contributed by atoms with van der Waals surface area (Å²) in [6.45, 7) is 3.56. The highest BCUT2D eigenvalue weighted by molar-refractivity contribution is 8.02. The second-order valence-electron chi connectivity index (χ2n) is 4.10. The van der Waals surface area contributed by atoms with Gasteiger partial charge in [0.25, 0.3) is 0 Å². The molecule has 1 fully saturated rings. The van der Waals surface area contributed by atoms with Crippen LogP contribution in [0.4, 0.5) is 5.13 Å². The van der Waals surface area contributed by atoms with Gasteiger partial charge in [0.2, 0.25) is 5.13 Å². The Morgan fingerprint density at radius 1 is 1.42 bits per heavy atom. The lowest BCUT2D eigenvalue weighted by atomic mass is 10.2. The van der Waals surface area contributed by atoms with Gasteiger partial charge in [0.15, 0.2) is 8.68 Å². The van der Waals surface area contributed by atoms with Gasteiger partial charge in [0.05, 0.1) is 6.10 Å². The number of hydrogen-bond donors (Lipinski definition) is 1. The molecule has 1 saturated heterocycles. The fraction of sp³-hybridized carbons (Fsp3) is 0.600. The molecule has 0 bridgehead atoms. The largest absolute Gasteiger partial charge is 0.376 e. The first-order valence-electron chi connectivity index (χ1n) is 5.97. The van der Waals surface area contributed by atoms with Crippen LogP contribution in [0.2, 0.25) is 0 Å². The molecule has 2 aromatic heterocycles. The summed E-state index contributed by atoms with van der Waals surface area (Å²) in [5.41, 5.74) is 0. The summed E-state index contributed by atoms with van der Waals surface area (Å²) in [4.78, 5) is 4.29. The minimum Gasteiger partial charge on any atom is -0.376 e. The van der Waals surface area contributed by atoms with Crippen LogP contribution in [0.3, 0.4) is 0 Å². The van der Waals surface area contributed by atoms with Gasteiger partial charge in [-0.15, -0.1) is 10.2 Å². The SMILES string of the molecule is Cc1nsc(Sc2nnc(NCC3CCCO3)s2)n1. The third-order valence-corrected chi connectivity index (χ3v) is 5.37. The molecule has 0 aliphatic carbocycles. The van der Waals surface area contributed by atoms with Gasteiger partial charge in [-0.05, 0) is 43.1 Å². The van der Waals surface area contributed by atoms with E-state index in [2.05, 4.69) is 24.9 Å². The molecule has 0 amide bonds. The fourth-order valence-electron chi connectivity index (χ4n) is 1.72. The second-order valence-corrected chi connectivity index (χ2v) is 7.32. The molecule has 1 unspecified atom stereocenters. The molecule has 0 aromatic carbocycles. The van der Waals surface area contributed by atoms with Crippen LogP contribution >= 0.6 is 34.6 Å². The summed E-state index contributed by atoms with van der Waals surface area (Å²) < 4.78 is 11.5. The van der Waals surface area contributed by atoms with Crippen LogP contribution in [0.25, 0.3) is 0 Å². The molecule has 6 nitrogen and oxygen atoms in total. The fourth-order valence-corrected chi connectivity index (χ4v) is 4.34. The first-order chi connectivity index (χ1) is 9.29. The molecule has 0 saturated carbocycles. The number of nitrogens with zero attached hydrogens (tertiary/aromatic N) is 4. The zero-order chi connectivity index (χ0) is 13.1. The molecular formula is C10H13N5OS3. The van der Waals surface area contributed by atoms with Crippen molar-refractivity contribution >= 4 is 39.8 Å². The third kappa shape index (κ3) is 3.62. The van der Waals surface area contributed by atoms with Crippen LogP contribution in [0, 0.1) is 6.92 Å². The van der Waals surface area contributed by atoms with Crippen molar-refractivity contribution in [3.8, 4) is 0 Å². The Hall–Kier alpha value is -0.770. The van der Waals surface area contributed by atoms with Gasteiger partial charge in [0.1, 0.15) is 5.82 Å². The van der Waals surface area contributed by atoms with Gasteiger partial charge < -0.3 is 10.1 Å². The predicted octanol–water partition coefficient (Wildman–Crippen LogP) is 2.44. The zero-order valence-corrected chi connectivity index (χ0v) is 12.8. The highest BCUT2D eigenvalue weighted by atomic mass is 32.2. The Morgan fingerprint density at radius 2 is 2.37 bits per heavy atom. The Kier molecular flexibility index (Phi) is 4.26. The third-order valence-electron chi connectivity index (χ3n) is 2.59. The molecule has 9 heteroatoms. The molecule has 1 atom stereocenters. The minimum atomic E-state index is 0.311. The monoisotopic (exact) mass is 315 g/mol. The Balaban J connectivity index is 1.53. The van der Waals surface area contributed by atoms with Gasteiger partial charge in [-0.3, -0.25) is 0 Å². The number of aromatic nitrogens is 4. The van der Waals surface area contributed by atoms with E-state index in [4.69, 9.17) is 4.74 Å². The molecule has 1 aliphatic rings. The van der Waals surface area contributed by atoms with Gasteiger partial charge >= 0.3 is 0 Å². The normalized spacial score (nSPS) is 18.9. The number of nitrogens with one attached hydrogen (secondary N) is 1. The second kappa shape index (κ2) is 6.12. The molecule has 19 heavy (non-hydrogen) atoms. The van der Waals surface area contributed by atoms with Crippen molar-refractivity contribution in [2.45, 2.75) is 34.5 Å². The van der Waals surface area contributed by atoms with Crippen LogP contribution < -0.4 is 5.32 Å². The van der Waals surface area contributed by atoms with Crippen molar-refractivity contribution in [3.63, 3.8) is 0 Å². The first-order valence-corrected chi connectivity index (χ1v) is 8.37. The van der Waals surface area contributed by atoms with Crippen molar-refractivity contribution in [2.75, 3.05) is 18.5 Å². The van der Waals surface area contributed by atoms with Crippen LogP contribution in [-0.4, -0.2) is 38.8 Å². The summed E-state index contributed by atoms with van der Waals surface area (Å²) in [7, 11) is 0. The van der Waals surface area contributed by atoms with Crippen LogP contribution in [-0.2, 0) is 4.74 Å². The zero-order valence-electron chi connectivity index (χ0n) is 10.3. The van der Waals surface area contributed by atoms with E-state index in [9.17, 15) is 0 Å². The topological polar surface area (TPSA) is 72.8 Å². The molecule has 0 radical (unpaired) electrons. The van der Waals surface area contributed by atoms with Crippen molar-refractivity contribution in [1.29, 1.82) is 0 Å². The van der Waals surface area contributed by atoms with Gasteiger partial charge in [-0.1, -0.05) is 11.3 Å². The first kappa shape index (κ1) is 13.2. The summed E-state index contributed by atoms with van der Waals surface area (Å²) in [5, 5.41) is 12.4. The van der Waals surface area contributed by atoms with Gasteiger partial charge in [-0.25, -0.2) is 4.98 Å². The average Bonchev–Trinajstić information content (AvgIpc) is 3.10. The van der Waals surface area contributed by atoms with Crippen LogP contribution in [0.5, 0.6) is 0 Å². The van der Waals surface area contributed by atoms with Crippen molar-refractivity contribution in [2.24, 2.45) is 0 Å². The smallest absolute Gasteiger partial charge is 0.206 e. The molecule has 102 valence electrons. The number of aryl methyl sites for hydroxylation is 1. The van der Waals surface area contributed by atoms with E-state index < -0.39 is 0 Å². The van der Waals surface area contributed by atoms with E-state index in [0.717, 1.165) is 45.6 Å². The molecule has 1 aliphatic heterocycles. The maximum Gasteiger partial charge on any atom is 0.206 e. The van der Waals surface area contributed by atoms with Crippen molar-refractivity contribution in [1.82, 2.24) is 19.6 Å². The molecule has 1 N–H and O–H groups in total. The van der Waals surface area contributed by atoms with Crippen LogP contribution in [0.1, 0.15) is 18.7 Å². The van der Waals surface area contributed by atoms with E-state index in [0.29, 0.717) is 6.10 Å². The van der Waals surface area contributed by atoms with E-state index >= 15 is 0 Å². The standard InChI is InChI=1S/C10H13N5OS3/c1-6-12-9(19-15-6)18-10-14-13-8(17-10)11-5-7-3-2-4-16-7/h7H,2-5H2,1H3,(H,11,13). The number of ether oxygens (including phenoxy) is 1. The summed E-state index contributed by atoms with van der Waals surface area (Å²) in [6.07, 6.45) is 2.59. The van der Waals surface area contributed by atoms with E-state index in [1.165, 1.54) is 34.6 Å². The van der Waals surface area contributed by atoms with Crippen LogP contribution in [0.15, 0.2) is 8.68 Å². The molecule has 0 spiro atoms. The predicted molar refractivity (Wildman–Crippen MR) is 76.1 cm³/mol. The van der Waals surface area contributed by atoms with Crippen molar-refractivity contribution in [3.05, 3.63) is 5.82 Å².